The van der Waals surface area contributed by atoms with Gasteiger partial charge in [-0.2, -0.15) is 23.4 Å². The van der Waals surface area contributed by atoms with E-state index in [4.69, 9.17) is 4.74 Å². The molecule has 160 valence electrons. The highest BCUT2D eigenvalue weighted by atomic mass is 32.1. The molecule has 4 aromatic rings. The molecule has 0 aliphatic carbocycles. The number of ether oxygens (including phenoxy) is 1. The number of anilines is 1. The third-order valence-electron chi connectivity index (χ3n) is 4.19. The zero-order valence-electron chi connectivity index (χ0n) is 16.3. The quantitative estimate of drug-likeness (QED) is 0.443. The average Bonchev–Trinajstić information content (AvgIpc) is 3.15. The second-order valence-electron chi connectivity index (χ2n) is 6.51. The first-order valence-corrected chi connectivity index (χ1v) is 9.86. The summed E-state index contributed by atoms with van der Waals surface area (Å²) in [6.07, 6.45) is -4.46. The molecule has 1 N–H and O–H groups in total. The molecule has 1 amide bonds. The molecular formula is C21H12F3N5O2S. The number of para-hydroxylation sites is 1. The maximum atomic E-state index is 12.8. The van der Waals surface area contributed by atoms with Crippen LogP contribution >= 0.6 is 11.3 Å². The molecular weight excluding hydrogens is 443 g/mol. The molecule has 0 unspecified atom stereocenters. The number of nitrogens with zero attached hydrogens (tertiary/aromatic N) is 4. The lowest BCUT2D eigenvalue weighted by molar-refractivity contribution is -0.137. The second kappa shape index (κ2) is 8.24. The number of alkyl halides is 3. The zero-order valence-corrected chi connectivity index (χ0v) is 17.1. The number of hydrogen-bond acceptors (Lipinski definition) is 7. The van der Waals surface area contributed by atoms with Gasteiger partial charge in [0.1, 0.15) is 11.6 Å². The van der Waals surface area contributed by atoms with E-state index in [1.54, 1.807) is 18.2 Å². The summed E-state index contributed by atoms with van der Waals surface area (Å²) in [4.78, 5) is 23.7. The fourth-order valence-electron chi connectivity index (χ4n) is 2.83. The van der Waals surface area contributed by atoms with Crippen LogP contribution in [0.25, 0.3) is 21.5 Å². The Morgan fingerprint density at radius 2 is 1.88 bits per heavy atom. The van der Waals surface area contributed by atoms with Crippen LogP contribution in [0.15, 0.2) is 48.5 Å². The van der Waals surface area contributed by atoms with Gasteiger partial charge in [0.25, 0.3) is 0 Å². The number of carbonyl (C=O) groups is 1. The molecule has 2 heterocycles. The van der Waals surface area contributed by atoms with Crippen LogP contribution in [0.3, 0.4) is 0 Å². The van der Waals surface area contributed by atoms with Crippen LogP contribution in [0.5, 0.6) is 11.6 Å². The van der Waals surface area contributed by atoms with Crippen molar-refractivity contribution in [2.24, 2.45) is 0 Å². The first-order chi connectivity index (χ1) is 15.2. The Hall–Kier alpha value is -4.04. The van der Waals surface area contributed by atoms with E-state index in [1.165, 1.54) is 36.5 Å². The van der Waals surface area contributed by atoms with Crippen molar-refractivity contribution >= 4 is 32.6 Å². The normalized spacial score (nSPS) is 11.2. The Kier molecular flexibility index (Phi) is 5.46. The van der Waals surface area contributed by atoms with Gasteiger partial charge in [0.2, 0.25) is 17.6 Å². The zero-order chi connectivity index (χ0) is 22.9. The monoisotopic (exact) mass is 455 g/mol. The van der Waals surface area contributed by atoms with Gasteiger partial charge in [-0.05, 0) is 24.3 Å². The van der Waals surface area contributed by atoms with Gasteiger partial charge in [0, 0.05) is 18.6 Å². The fraction of sp³-hybridized carbons (Fsp3) is 0.0952. The van der Waals surface area contributed by atoms with Crippen molar-refractivity contribution in [3.63, 3.8) is 0 Å². The Labute approximate surface area is 183 Å². The van der Waals surface area contributed by atoms with Crippen molar-refractivity contribution in [2.75, 3.05) is 5.32 Å². The first-order valence-electron chi connectivity index (χ1n) is 9.05. The standard InChI is InChI=1S/C21H12F3N5O2S/c1-11(30)26-20-29-19-15(3-2-4-16(19)32-20)31-18-9-14(27-17(10-25)28-18)12-5-7-13(8-6-12)21(22,23)24/h2-9H,1H3,(H,26,29,30). The highest BCUT2D eigenvalue weighted by Gasteiger charge is 2.30. The number of aromatic nitrogens is 3. The number of thiazole rings is 1. The molecule has 0 fully saturated rings. The molecule has 0 radical (unpaired) electrons. The minimum atomic E-state index is -4.46. The van der Waals surface area contributed by atoms with Crippen LogP contribution in [-0.4, -0.2) is 20.9 Å². The van der Waals surface area contributed by atoms with E-state index < -0.39 is 11.7 Å². The molecule has 0 saturated heterocycles. The highest BCUT2D eigenvalue weighted by molar-refractivity contribution is 7.22. The first kappa shape index (κ1) is 21.2. The molecule has 4 rings (SSSR count). The summed E-state index contributed by atoms with van der Waals surface area (Å²) in [5.74, 6) is -0.117. The summed E-state index contributed by atoms with van der Waals surface area (Å²) >= 11 is 1.26. The largest absolute Gasteiger partial charge is 0.437 e. The molecule has 0 bridgehead atoms. The smallest absolute Gasteiger partial charge is 0.416 e. The van der Waals surface area contributed by atoms with Crippen molar-refractivity contribution < 1.29 is 22.7 Å². The summed E-state index contributed by atoms with van der Waals surface area (Å²) in [5.41, 5.74) is 0.276. The van der Waals surface area contributed by atoms with E-state index in [0.717, 1.165) is 16.8 Å². The minimum Gasteiger partial charge on any atom is -0.437 e. The Morgan fingerprint density at radius 3 is 2.53 bits per heavy atom. The van der Waals surface area contributed by atoms with Crippen molar-refractivity contribution in [1.82, 2.24) is 15.0 Å². The van der Waals surface area contributed by atoms with Crippen molar-refractivity contribution in [2.45, 2.75) is 13.1 Å². The Morgan fingerprint density at radius 1 is 1.12 bits per heavy atom. The predicted octanol–water partition coefficient (Wildman–Crippen LogP) is 5.39. The van der Waals surface area contributed by atoms with E-state index in [9.17, 15) is 23.2 Å². The van der Waals surface area contributed by atoms with Gasteiger partial charge >= 0.3 is 6.18 Å². The van der Waals surface area contributed by atoms with Gasteiger partial charge in [-0.1, -0.05) is 29.5 Å². The summed E-state index contributed by atoms with van der Waals surface area (Å²) in [6, 6.07) is 12.8. The number of nitrogens with one attached hydrogen (secondary N) is 1. The molecule has 7 nitrogen and oxygen atoms in total. The van der Waals surface area contributed by atoms with Gasteiger partial charge in [-0.15, -0.1) is 0 Å². The van der Waals surface area contributed by atoms with Gasteiger partial charge in [-0.25, -0.2) is 9.97 Å². The lowest BCUT2D eigenvalue weighted by Crippen LogP contribution is -2.04. The number of nitriles is 1. The number of amides is 1. The van der Waals surface area contributed by atoms with E-state index >= 15 is 0 Å². The van der Waals surface area contributed by atoms with E-state index in [0.29, 0.717) is 22.0 Å². The minimum absolute atomic E-state index is 0.0213. The summed E-state index contributed by atoms with van der Waals surface area (Å²) in [5, 5.41) is 12.3. The van der Waals surface area contributed by atoms with Crippen LogP contribution in [0.1, 0.15) is 18.3 Å². The lowest BCUT2D eigenvalue weighted by Gasteiger charge is -2.09. The number of fused-ring (bicyclic) bond motifs is 1. The number of benzene rings is 2. The third kappa shape index (κ3) is 4.50. The average molecular weight is 455 g/mol. The topological polar surface area (TPSA) is 101 Å². The van der Waals surface area contributed by atoms with E-state index in [1.807, 2.05) is 6.07 Å². The van der Waals surface area contributed by atoms with Gasteiger partial charge in [0.15, 0.2) is 10.9 Å². The van der Waals surface area contributed by atoms with Crippen molar-refractivity contribution in [3.05, 3.63) is 59.9 Å². The lowest BCUT2D eigenvalue weighted by atomic mass is 10.1. The summed E-state index contributed by atoms with van der Waals surface area (Å²) in [6.45, 7) is 1.37. The van der Waals surface area contributed by atoms with Crippen LogP contribution < -0.4 is 10.1 Å². The van der Waals surface area contributed by atoms with E-state index in [2.05, 4.69) is 20.3 Å². The maximum absolute atomic E-state index is 12.8. The van der Waals surface area contributed by atoms with Crippen LogP contribution in [-0.2, 0) is 11.0 Å². The fourth-order valence-corrected chi connectivity index (χ4v) is 3.76. The maximum Gasteiger partial charge on any atom is 0.416 e. The van der Waals surface area contributed by atoms with Crippen molar-refractivity contribution in [3.8, 4) is 29.0 Å². The Bertz CT molecular complexity index is 1360. The molecule has 11 heteroatoms. The second-order valence-corrected chi connectivity index (χ2v) is 7.54. The molecule has 0 aliphatic heterocycles. The molecule has 0 saturated carbocycles. The molecule has 32 heavy (non-hydrogen) atoms. The molecule has 2 aromatic carbocycles. The SMILES string of the molecule is CC(=O)Nc1nc2c(Oc3cc(-c4ccc(C(F)(F)F)cc4)nc(C#N)n3)cccc2s1. The van der Waals surface area contributed by atoms with Gasteiger partial charge < -0.3 is 10.1 Å². The number of carbonyl (C=O) groups excluding carboxylic acids is 1. The van der Waals surface area contributed by atoms with Crippen LogP contribution in [0, 0.1) is 11.3 Å². The van der Waals surface area contributed by atoms with Crippen LogP contribution in [0.4, 0.5) is 18.3 Å². The van der Waals surface area contributed by atoms with Crippen LogP contribution in [0.2, 0.25) is 0 Å². The third-order valence-corrected chi connectivity index (χ3v) is 5.13. The molecule has 2 aromatic heterocycles. The molecule has 0 atom stereocenters. The number of rotatable bonds is 4. The molecule has 0 aliphatic rings. The number of halogens is 3. The molecule has 0 spiro atoms. The summed E-state index contributed by atoms with van der Waals surface area (Å²) in [7, 11) is 0. The predicted molar refractivity (Wildman–Crippen MR) is 111 cm³/mol. The van der Waals surface area contributed by atoms with E-state index in [-0.39, 0.29) is 23.3 Å². The highest BCUT2D eigenvalue weighted by Crippen LogP contribution is 2.35. The van der Waals surface area contributed by atoms with Gasteiger partial charge in [0.05, 0.1) is 16.0 Å². The van der Waals surface area contributed by atoms with Crippen molar-refractivity contribution in [1.29, 1.82) is 5.26 Å². The summed E-state index contributed by atoms with van der Waals surface area (Å²) < 4.78 is 45.1. The number of hydrogen-bond donors (Lipinski definition) is 1. The Balaban J connectivity index is 1.70. The van der Waals surface area contributed by atoms with Gasteiger partial charge in [-0.3, -0.25) is 4.79 Å².